The van der Waals surface area contributed by atoms with E-state index in [9.17, 15) is 13.2 Å². The lowest BCUT2D eigenvalue weighted by molar-refractivity contribution is -0.118. The van der Waals surface area contributed by atoms with Gasteiger partial charge in [0.1, 0.15) is 17.0 Å². The number of fused-ring (bicyclic) bond motifs is 1. The fraction of sp³-hybridized carbons (Fsp3) is 0.417. The van der Waals surface area contributed by atoms with E-state index in [1.54, 1.807) is 24.1 Å². The lowest BCUT2D eigenvalue weighted by atomic mass is 10.3. The van der Waals surface area contributed by atoms with Crippen molar-refractivity contribution >= 4 is 42.4 Å². The monoisotopic (exact) mass is 505 g/mol. The minimum Gasteiger partial charge on any atom is -0.497 e. The van der Waals surface area contributed by atoms with Crippen molar-refractivity contribution in [1.82, 2.24) is 9.88 Å². The Kier molecular flexibility index (Phi) is 8.87. The van der Waals surface area contributed by atoms with Gasteiger partial charge in [0.25, 0.3) is 0 Å². The van der Waals surface area contributed by atoms with Gasteiger partial charge in [-0.15, -0.1) is 0 Å². The Hall–Kier alpha value is -2.69. The maximum Gasteiger partial charge on any atom is 0.228 e. The molecule has 1 amide bonds. The predicted octanol–water partition coefficient (Wildman–Crippen LogP) is 3.85. The number of carbonyl (C=O) groups is 1. The van der Waals surface area contributed by atoms with Crippen molar-refractivity contribution in [3.8, 4) is 11.5 Å². The topological polar surface area (TPSA) is 89.0 Å². The van der Waals surface area contributed by atoms with Gasteiger partial charge in [-0.3, -0.25) is 9.69 Å². The number of hydrogen-bond donors (Lipinski definition) is 0. The van der Waals surface area contributed by atoms with E-state index in [0.717, 1.165) is 23.2 Å². The van der Waals surface area contributed by atoms with Gasteiger partial charge in [0.2, 0.25) is 5.91 Å². The third-order valence-electron chi connectivity index (χ3n) is 5.33. The van der Waals surface area contributed by atoms with Crippen molar-refractivity contribution < 1.29 is 22.7 Å². The van der Waals surface area contributed by atoms with Gasteiger partial charge in [-0.05, 0) is 69.9 Å². The second-order valence-corrected chi connectivity index (χ2v) is 11.2. The zero-order valence-corrected chi connectivity index (χ0v) is 21.6. The minimum absolute atomic E-state index is 0.107. The first-order chi connectivity index (χ1) is 16.2. The number of methoxy groups -OCH3 is 2. The summed E-state index contributed by atoms with van der Waals surface area (Å²) in [5.41, 5.74) is 0.720. The van der Waals surface area contributed by atoms with Gasteiger partial charge in [0.15, 0.2) is 15.0 Å². The van der Waals surface area contributed by atoms with Crippen molar-refractivity contribution in [2.24, 2.45) is 0 Å². The van der Waals surface area contributed by atoms with Crippen LogP contribution in [0.5, 0.6) is 11.5 Å². The van der Waals surface area contributed by atoms with Crippen LogP contribution in [0, 0.1) is 0 Å². The van der Waals surface area contributed by atoms with Crippen LogP contribution in [0.1, 0.15) is 19.3 Å². The summed E-state index contributed by atoms with van der Waals surface area (Å²) in [5.74, 6) is 1.01. The number of para-hydroxylation sites is 1. The van der Waals surface area contributed by atoms with Crippen molar-refractivity contribution in [2.75, 3.05) is 52.1 Å². The molecule has 0 aliphatic heterocycles. The largest absolute Gasteiger partial charge is 0.497 e. The summed E-state index contributed by atoms with van der Waals surface area (Å²) in [5, 5.41) is 0.598. The zero-order chi connectivity index (χ0) is 24.7. The Morgan fingerprint density at radius 3 is 2.38 bits per heavy atom. The molecule has 0 N–H and O–H groups in total. The van der Waals surface area contributed by atoms with Gasteiger partial charge in [-0.2, -0.15) is 0 Å². The second kappa shape index (κ2) is 11.6. The normalized spacial score (nSPS) is 11.7. The van der Waals surface area contributed by atoms with E-state index in [1.165, 1.54) is 30.6 Å². The predicted molar refractivity (Wildman–Crippen MR) is 136 cm³/mol. The van der Waals surface area contributed by atoms with E-state index in [4.69, 9.17) is 9.47 Å². The lowest BCUT2D eigenvalue weighted by Gasteiger charge is -2.21. The average molecular weight is 506 g/mol. The summed E-state index contributed by atoms with van der Waals surface area (Å²) in [6, 6.07) is 12.0. The highest BCUT2D eigenvalue weighted by molar-refractivity contribution is 7.91. The molecule has 0 radical (unpaired) electrons. The molecule has 3 rings (SSSR count). The number of thiazole rings is 1. The van der Waals surface area contributed by atoms with E-state index >= 15 is 0 Å². The Bertz CT molecular complexity index is 1210. The van der Waals surface area contributed by atoms with Crippen LogP contribution in [0.2, 0.25) is 0 Å². The SMILES string of the molecule is COc1ccc(S(=O)(=O)CCCC(=O)N(CCCN(C)C)c2nc3c(OC)cccc3s2)cc1. The van der Waals surface area contributed by atoms with Crippen LogP contribution >= 0.6 is 11.3 Å². The molecule has 1 heterocycles. The molecular formula is C24H31N3O5S2. The molecule has 0 aliphatic carbocycles. The number of amides is 1. The highest BCUT2D eigenvalue weighted by Crippen LogP contribution is 2.34. The molecule has 184 valence electrons. The fourth-order valence-corrected chi connectivity index (χ4v) is 5.85. The van der Waals surface area contributed by atoms with Crippen molar-refractivity contribution in [3.05, 3.63) is 42.5 Å². The Balaban J connectivity index is 1.72. The van der Waals surface area contributed by atoms with Crippen LogP contribution in [-0.2, 0) is 14.6 Å². The zero-order valence-electron chi connectivity index (χ0n) is 20.0. The number of ether oxygens (including phenoxy) is 2. The number of benzene rings is 2. The number of nitrogens with zero attached hydrogens (tertiary/aromatic N) is 3. The Labute approximate surface area is 205 Å². The van der Waals surface area contributed by atoms with E-state index in [0.29, 0.717) is 23.2 Å². The molecule has 1 aromatic heterocycles. The van der Waals surface area contributed by atoms with E-state index in [-0.39, 0.29) is 29.4 Å². The maximum atomic E-state index is 13.2. The lowest BCUT2D eigenvalue weighted by Crippen LogP contribution is -2.33. The molecule has 10 heteroatoms. The molecule has 0 aliphatic rings. The van der Waals surface area contributed by atoms with E-state index in [2.05, 4.69) is 9.88 Å². The van der Waals surface area contributed by atoms with Crippen molar-refractivity contribution in [2.45, 2.75) is 24.2 Å². The standard InChI is InChI=1S/C24H31N3O5S2/c1-26(2)15-7-16-27(24-25-23-20(32-4)8-5-9-21(23)33-24)22(28)10-6-17-34(29,30)19-13-11-18(31-3)12-14-19/h5,8-9,11-14H,6-7,10,15-17H2,1-4H3. The highest BCUT2D eigenvalue weighted by atomic mass is 32.2. The van der Waals surface area contributed by atoms with Gasteiger partial charge in [0, 0.05) is 13.0 Å². The highest BCUT2D eigenvalue weighted by Gasteiger charge is 2.22. The first-order valence-electron chi connectivity index (χ1n) is 11.0. The first-order valence-corrected chi connectivity index (χ1v) is 13.5. The molecule has 0 spiro atoms. The summed E-state index contributed by atoms with van der Waals surface area (Å²) in [6.07, 6.45) is 1.12. The van der Waals surface area contributed by atoms with Gasteiger partial charge < -0.3 is 14.4 Å². The molecule has 8 nitrogen and oxygen atoms in total. The average Bonchev–Trinajstić information content (AvgIpc) is 3.25. The number of hydrogen-bond acceptors (Lipinski definition) is 8. The smallest absolute Gasteiger partial charge is 0.228 e. The first kappa shape index (κ1) is 25.9. The van der Waals surface area contributed by atoms with Crippen LogP contribution in [0.25, 0.3) is 10.2 Å². The van der Waals surface area contributed by atoms with Crippen LogP contribution in [0.4, 0.5) is 5.13 Å². The van der Waals surface area contributed by atoms with Gasteiger partial charge in [-0.25, -0.2) is 13.4 Å². The van der Waals surface area contributed by atoms with Gasteiger partial charge in [0.05, 0.1) is 29.6 Å². The number of anilines is 1. The molecule has 0 unspecified atom stereocenters. The maximum absolute atomic E-state index is 13.2. The molecule has 0 saturated carbocycles. The molecule has 0 atom stereocenters. The molecular weight excluding hydrogens is 474 g/mol. The van der Waals surface area contributed by atoms with Crippen LogP contribution in [0.15, 0.2) is 47.4 Å². The van der Waals surface area contributed by atoms with Crippen molar-refractivity contribution in [1.29, 1.82) is 0 Å². The van der Waals surface area contributed by atoms with E-state index in [1.807, 2.05) is 32.3 Å². The third-order valence-corrected chi connectivity index (χ3v) is 8.19. The summed E-state index contributed by atoms with van der Waals surface area (Å²) in [6.45, 7) is 1.33. The summed E-state index contributed by atoms with van der Waals surface area (Å²) in [7, 11) is 3.60. The Morgan fingerprint density at radius 1 is 1.00 bits per heavy atom. The van der Waals surface area contributed by atoms with Gasteiger partial charge >= 0.3 is 0 Å². The molecule has 3 aromatic rings. The molecule has 34 heavy (non-hydrogen) atoms. The van der Waals surface area contributed by atoms with Crippen molar-refractivity contribution in [3.63, 3.8) is 0 Å². The third kappa shape index (κ3) is 6.46. The Morgan fingerprint density at radius 2 is 1.74 bits per heavy atom. The number of carbonyl (C=O) groups excluding carboxylic acids is 1. The van der Waals surface area contributed by atoms with Crippen LogP contribution in [0.3, 0.4) is 0 Å². The number of sulfone groups is 1. The number of rotatable bonds is 12. The van der Waals surface area contributed by atoms with Crippen LogP contribution < -0.4 is 14.4 Å². The minimum atomic E-state index is -3.49. The van der Waals surface area contributed by atoms with E-state index < -0.39 is 9.84 Å². The van der Waals surface area contributed by atoms with Gasteiger partial charge in [-0.1, -0.05) is 17.4 Å². The molecule has 0 bridgehead atoms. The molecule has 0 fully saturated rings. The summed E-state index contributed by atoms with van der Waals surface area (Å²) in [4.78, 5) is 21.8. The molecule has 2 aromatic carbocycles. The molecule has 0 saturated heterocycles. The fourth-order valence-electron chi connectivity index (χ4n) is 3.51. The quantitative estimate of drug-likeness (QED) is 0.369. The number of aromatic nitrogens is 1. The second-order valence-electron chi connectivity index (χ2n) is 8.10. The van der Waals surface area contributed by atoms with Crippen LogP contribution in [-0.4, -0.2) is 71.4 Å². The summed E-state index contributed by atoms with van der Waals surface area (Å²) >= 11 is 1.43. The summed E-state index contributed by atoms with van der Waals surface area (Å²) < 4.78 is 36.8.